The Labute approximate surface area is 44.9 Å². The normalized spacial score (nSPS) is 48.0. The van der Waals surface area contributed by atoms with Crippen molar-refractivity contribution in [3.05, 3.63) is 12.8 Å². The smallest absolute Gasteiger partial charge is 0.0323 e. The first-order valence-corrected chi connectivity index (χ1v) is 3.12. The van der Waals surface area contributed by atoms with Crippen LogP contribution in [-0.2, 0) is 0 Å². The fraction of sp³-hybridized carbons (Fsp3) is 0.714. The van der Waals surface area contributed by atoms with Crippen LogP contribution in [0.3, 0.4) is 0 Å². The molecule has 0 heteroatoms. The molecule has 2 radical (unpaired) electrons. The SMILES string of the molecule is [CH]1CC2[CH]C(C1)C2. The number of rotatable bonds is 0. The molecule has 0 saturated heterocycles. The number of fused-ring (bicyclic) bond motifs is 2. The van der Waals surface area contributed by atoms with E-state index in [2.05, 4.69) is 12.8 Å². The van der Waals surface area contributed by atoms with Crippen LogP contribution in [0.2, 0.25) is 0 Å². The van der Waals surface area contributed by atoms with Crippen molar-refractivity contribution < 1.29 is 0 Å². The van der Waals surface area contributed by atoms with Crippen molar-refractivity contribution in [3.63, 3.8) is 0 Å². The zero-order chi connectivity index (χ0) is 4.69. The van der Waals surface area contributed by atoms with Gasteiger partial charge in [-0.25, -0.2) is 0 Å². The first-order chi connectivity index (χ1) is 3.45. The Balaban J connectivity index is 1.99. The molecular weight excluding hydrogens is 84.1 g/mol. The number of hydrogen-bond acceptors (Lipinski definition) is 0. The molecule has 3 fully saturated rings. The van der Waals surface area contributed by atoms with E-state index in [-0.39, 0.29) is 0 Å². The predicted octanol–water partition coefficient (Wildman–Crippen LogP) is 1.82. The molecule has 0 aromatic heterocycles. The van der Waals surface area contributed by atoms with Crippen molar-refractivity contribution in [2.45, 2.75) is 19.3 Å². The molecule has 3 saturated carbocycles. The summed E-state index contributed by atoms with van der Waals surface area (Å²) in [4.78, 5) is 0. The maximum atomic E-state index is 2.50. The van der Waals surface area contributed by atoms with Crippen LogP contribution in [0.15, 0.2) is 0 Å². The van der Waals surface area contributed by atoms with Crippen LogP contribution in [0.4, 0.5) is 0 Å². The lowest BCUT2D eigenvalue weighted by atomic mass is 9.65. The highest BCUT2D eigenvalue weighted by molar-refractivity contribution is 5.04. The second-order valence-corrected chi connectivity index (χ2v) is 2.71. The molecule has 0 heterocycles. The van der Waals surface area contributed by atoms with E-state index in [1.807, 2.05) is 0 Å². The third kappa shape index (κ3) is 0.490. The van der Waals surface area contributed by atoms with E-state index in [1.165, 1.54) is 19.3 Å². The van der Waals surface area contributed by atoms with Crippen molar-refractivity contribution in [1.29, 1.82) is 0 Å². The van der Waals surface area contributed by atoms with Crippen molar-refractivity contribution in [2.24, 2.45) is 11.8 Å². The largest absolute Gasteiger partial charge is 0.0470 e. The first kappa shape index (κ1) is 3.94. The minimum atomic E-state index is 0.999. The molecule has 0 N–H and O–H groups in total. The first-order valence-electron chi connectivity index (χ1n) is 3.12. The zero-order valence-corrected chi connectivity index (χ0v) is 4.43. The van der Waals surface area contributed by atoms with Crippen LogP contribution in [0.1, 0.15) is 19.3 Å². The van der Waals surface area contributed by atoms with Gasteiger partial charge in [-0.05, 0) is 43.9 Å². The summed E-state index contributed by atoms with van der Waals surface area (Å²) in [5.74, 6) is 2.00. The van der Waals surface area contributed by atoms with Crippen LogP contribution in [-0.4, -0.2) is 0 Å². The Morgan fingerprint density at radius 2 is 1.71 bits per heavy atom. The molecular formula is C7H10. The summed E-state index contributed by atoms with van der Waals surface area (Å²) in [7, 11) is 0. The van der Waals surface area contributed by atoms with Gasteiger partial charge in [-0.3, -0.25) is 0 Å². The lowest BCUT2D eigenvalue weighted by Crippen LogP contribution is -2.29. The minimum Gasteiger partial charge on any atom is -0.0470 e. The molecule has 0 amide bonds. The van der Waals surface area contributed by atoms with Crippen LogP contribution in [0, 0.1) is 24.7 Å². The Morgan fingerprint density at radius 1 is 1.14 bits per heavy atom. The molecule has 3 aliphatic rings. The van der Waals surface area contributed by atoms with E-state index in [4.69, 9.17) is 0 Å². The molecule has 2 atom stereocenters. The minimum absolute atomic E-state index is 0.999. The van der Waals surface area contributed by atoms with E-state index >= 15 is 0 Å². The maximum absolute atomic E-state index is 2.50. The second kappa shape index (κ2) is 1.24. The quantitative estimate of drug-likeness (QED) is 0.429. The topological polar surface area (TPSA) is 0 Å². The van der Waals surface area contributed by atoms with Gasteiger partial charge >= 0.3 is 0 Å². The standard InChI is InChI=1S/C7H10/c1-2-6-4-7(3-1)5-6/h1,4,6-7H,2-3,5H2. The molecule has 2 bridgehead atoms. The van der Waals surface area contributed by atoms with Gasteiger partial charge in [0.05, 0.1) is 0 Å². The van der Waals surface area contributed by atoms with Gasteiger partial charge in [0.15, 0.2) is 0 Å². The van der Waals surface area contributed by atoms with Crippen LogP contribution in [0.25, 0.3) is 0 Å². The summed E-state index contributed by atoms with van der Waals surface area (Å²) in [5, 5.41) is 0. The molecule has 0 aromatic carbocycles. The zero-order valence-electron chi connectivity index (χ0n) is 4.43. The fourth-order valence-electron chi connectivity index (χ4n) is 1.61. The summed E-state index contributed by atoms with van der Waals surface area (Å²) in [6, 6.07) is 0. The van der Waals surface area contributed by atoms with Crippen LogP contribution in [0.5, 0.6) is 0 Å². The lowest BCUT2D eigenvalue weighted by Gasteiger charge is -2.40. The van der Waals surface area contributed by atoms with Crippen LogP contribution >= 0.6 is 0 Å². The summed E-state index contributed by atoms with van der Waals surface area (Å²) < 4.78 is 0. The highest BCUT2D eigenvalue weighted by Gasteiger charge is 2.32. The molecule has 3 rings (SSSR count). The predicted molar refractivity (Wildman–Crippen MR) is 29.4 cm³/mol. The Kier molecular flexibility index (Phi) is 0.697. The van der Waals surface area contributed by atoms with Gasteiger partial charge in [-0.15, -0.1) is 0 Å². The molecule has 3 aliphatic carbocycles. The molecule has 38 valence electrons. The van der Waals surface area contributed by atoms with E-state index < -0.39 is 0 Å². The van der Waals surface area contributed by atoms with Crippen LogP contribution < -0.4 is 0 Å². The van der Waals surface area contributed by atoms with Gasteiger partial charge in [-0.2, -0.15) is 0 Å². The maximum Gasteiger partial charge on any atom is -0.0323 e. The van der Waals surface area contributed by atoms with Crippen molar-refractivity contribution in [2.75, 3.05) is 0 Å². The van der Waals surface area contributed by atoms with Gasteiger partial charge in [-0.1, -0.05) is 0 Å². The Hall–Kier alpha value is 0. The van der Waals surface area contributed by atoms with Gasteiger partial charge in [0, 0.05) is 0 Å². The Morgan fingerprint density at radius 3 is 1.86 bits per heavy atom. The second-order valence-electron chi connectivity index (χ2n) is 2.71. The summed E-state index contributed by atoms with van der Waals surface area (Å²) in [6.07, 6.45) is 9.17. The molecule has 7 heavy (non-hydrogen) atoms. The van der Waals surface area contributed by atoms with E-state index in [9.17, 15) is 0 Å². The van der Waals surface area contributed by atoms with Crippen molar-refractivity contribution in [3.8, 4) is 0 Å². The van der Waals surface area contributed by atoms with Crippen molar-refractivity contribution in [1.82, 2.24) is 0 Å². The van der Waals surface area contributed by atoms with Gasteiger partial charge in [0.25, 0.3) is 0 Å². The van der Waals surface area contributed by atoms with E-state index in [1.54, 1.807) is 0 Å². The van der Waals surface area contributed by atoms with Gasteiger partial charge < -0.3 is 0 Å². The summed E-state index contributed by atoms with van der Waals surface area (Å²) >= 11 is 0. The van der Waals surface area contributed by atoms with E-state index in [0.717, 1.165) is 11.8 Å². The third-order valence-corrected chi connectivity index (χ3v) is 2.09. The highest BCUT2D eigenvalue weighted by atomic mass is 14.4. The molecule has 0 nitrogen and oxygen atoms in total. The Bertz CT molecular complexity index is 56.6. The molecule has 0 aromatic rings. The lowest BCUT2D eigenvalue weighted by molar-refractivity contribution is 0.249. The average molecular weight is 94.2 g/mol. The monoisotopic (exact) mass is 94.1 g/mol. The third-order valence-electron chi connectivity index (χ3n) is 2.09. The summed E-state index contributed by atoms with van der Waals surface area (Å²) in [5.41, 5.74) is 0. The molecule has 2 unspecified atom stereocenters. The van der Waals surface area contributed by atoms with E-state index in [0.29, 0.717) is 0 Å². The van der Waals surface area contributed by atoms with Crippen molar-refractivity contribution >= 4 is 0 Å². The molecule has 0 spiro atoms. The number of hydrogen-bond donors (Lipinski definition) is 0. The average Bonchev–Trinajstić information content (AvgIpc) is 1.67. The molecule has 0 aliphatic heterocycles. The highest BCUT2D eigenvalue weighted by Crippen LogP contribution is 2.43. The fourth-order valence-corrected chi connectivity index (χ4v) is 1.61. The summed E-state index contributed by atoms with van der Waals surface area (Å²) in [6.45, 7) is 0. The van der Waals surface area contributed by atoms with Gasteiger partial charge in [0.1, 0.15) is 0 Å². The van der Waals surface area contributed by atoms with Gasteiger partial charge in [0.2, 0.25) is 0 Å².